The molecule has 0 aromatic heterocycles. The lowest BCUT2D eigenvalue weighted by Gasteiger charge is -2.53. The van der Waals surface area contributed by atoms with E-state index in [1.165, 1.54) is 0 Å². The molecule has 0 aliphatic carbocycles. The fourth-order valence-corrected chi connectivity index (χ4v) is 4.56. The van der Waals surface area contributed by atoms with E-state index in [9.17, 15) is 14.4 Å². The zero-order chi connectivity index (χ0) is 24.9. The summed E-state index contributed by atoms with van der Waals surface area (Å²) in [7, 11) is 0. The Hall–Kier alpha value is -2.77. The summed E-state index contributed by atoms with van der Waals surface area (Å²) in [6, 6.07) is 8.84. The molecule has 1 atom stereocenters. The van der Waals surface area contributed by atoms with E-state index in [2.05, 4.69) is 5.32 Å². The number of carbonyl (C=O) groups excluding carboxylic acids is 3. The fourth-order valence-electron chi connectivity index (χ4n) is 4.56. The summed E-state index contributed by atoms with van der Waals surface area (Å²) < 4.78 is 10.8. The second-order valence-corrected chi connectivity index (χ2v) is 11.0. The van der Waals surface area contributed by atoms with Crippen molar-refractivity contribution in [2.24, 2.45) is 11.3 Å². The van der Waals surface area contributed by atoms with Crippen LogP contribution in [0, 0.1) is 11.3 Å². The first-order valence-corrected chi connectivity index (χ1v) is 12.2. The third kappa shape index (κ3) is 7.11. The van der Waals surface area contributed by atoms with E-state index in [-0.39, 0.29) is 29.9 Å². The van der Waals surface area contributed by atoms with Gasteiger partial charge in [0.05, 0.1) is 0 Å². The highest BCUT2D eigenvalue weighted by Gasteiger charge is 2.48. The van der Waals surface area contributed by atoms with Crippen molar-refractivity contribution in [2.75, 3.05) is 26.2 Å². The maximum atomic E-state index is 13.3. The number of likely N-dealkylation sites (tertiary alicyclic amines) is 2. The smallest absolute Gasteiger partial charge is 0.410 e. The molecule has 1 aromatic carbocycles. The molecule has 0 unspecified atom stereocenters. The predicted octanol–water partition coefficient (Wildman–Crippen LogP) is 4.19. The van der Waals surface area contributed by atoms with Gasteiger partial charge in [-0.25, -0.2) is 9.59 Å². The minimum atomic E-state index is -0.614. The van der Waals surface area contributed by atoms with Gasteiger partial charge in [0.2, 0.25) is 5.91 Å². The molecule has 1 N–H and O–H groups in total. The molecular formula is C26H39N3O5. The first-order chi connectivity index (χ1) is 16.0. The number of carbonyl (C=O) groups is 3. The number of amides is 3. The highest BCUT2D eigenvalue weighted by Crippen LogP contribution is 2.41. The number of ether oxygens (including phenoxy) is 2. The van der Waals surface area contributed by atoms with Crippen LogP contribution in [0.3, 0.4) is 0 Å². The van der Waals surface area contributed by atoms with E-state index in [1.807, 2.05) is 69.9 Å². The SMILES string of the molecule is CC(C)C[C@@H](NC(=O)OCc1ccccc1)C(=O)N1CCC2(CC1)CN(C(=O)OC(C)(C)C)C2. The molecule has 0 radical (unpaired) electrons. The molecule has 0 saturated carbocycles. The van der Waals surface area contributed by atoms with E-state index < -0.39 is 17.7 Å². The number of benzene rings is 1. The molecule has 2 fully saturated rings. The van der Waals surface area contributed by atoms with Gasteiger partial charge in [-0.05, 0) is 51.5 Å². The molecule has 2 heterocycles. The quantitative estimate of drug-likeness (QED) is 0.669. The van der Waals surface area contributed by atoms with Crippen LogP contribution in [-0.2, 0) is 20.9 Å². The maximum absolute atomic E-state index is 13.3. The highest BCUT2D eigenvalue weighted by molar-refractivity contribution is 5.85. The number of nitrogens with one attached hydrogen (secondary N) is 1. The van der Waals surface area contributed by atoms with Gasteiger partial charge in [0, 0.05) is 31.6 Å². The average molecular weight is 474 g/mol. The van der Waals surface area contributed by atoms with Crippen molar-refractivity contribution >= 4 is 18.1 Å². The first-order valence-electron chi connectivity index (χ1n) is 12.2. The number of hydrogen-bond donors (Lipinski definition) is 1. The van der Waals surface area contributed by atoms with Gasteiger partial charge in [0.1, 0.15) is 18.2 Å². The molecule has 34 heavy (non-hydrogen) atoms. The van der Waals surface area contributed by atoms with Gasteiger partial charge in [-0.3, -0.25) is 4.79 Å². The summed E-state index contributed by atoms with van der Waals surface area (Å²) in [5.41, 5.74) is 0.450. The van der Waals surface area contributed by atoms with Crippen LogP contribution >= 0.6 is 0 Å². The summed E-state index contributed by atoms with van der Waals surface area (Å²) in [5, 5.41) is 2.79. The molecule has 3 rings (SSSR count). The number of alkyl carbamates (subject to hydrolysis) is 1. The van der Waals surface area contributed by atoms with Gasteiger partial charge < -0.3 is 24.6 Å². The van der Waals surface area contributed by atoms with Crippen molar-refractivity contribution in [1.82, 2.24) is 15.1 Å². The second kappa shape index (κ2) is 10.7. The van der Waals surface area contributed by atoms with Crippen LogP contribution in [0.25, 0.3) is 0 Å². The lowest BCUT2D eigenvalue weighted by molar-refractivity contribution is -0.138. The van der Waals surface area contributed by atoms with E-state index in [0.29, 0.717) is 32.6 Å². The third-order valence-corrected chi connectivity index (χ3v) is 6.35. The second-order valence-electron chi connectivity index (χ2n) is 11.0. The monoisotopic (exact) mass is 473 g/mol. The van der Waals surface area contributed by atoms with Crippen molar-refractivity contribution in [1.29, 1.82) is 0 Å². The van der Waals surface area contributed by atoms with Crippen LogP contribution in [0.5, 0.6) is 0 Å². The Morgan fingerprint density at radius 3 is 2.21 bits per heavy atom. The number of hydrogen-bond acceptors (Lipinski definition) is 5. The molecule has 188 valence electrons. The topological polar surface area (TPSA) is 88.2 Å². The minimum absolute atomic E-state index is 0.0588. The zero-order valence-corrected chi connectivity index (χ0v) is 21.1. The Morgan fingerprint density at radius 1 is 1.03 bits per heavy atom. The minimum Gasteiger partial charge on any atom is -0.445 e. The van der Waals surface area contributed by atoms with Crippen LogP contribution < -0.4 is 5.32 Å². The van der Waals surface area contributed by atoms with Crippen molar-refractivity contribution in [3.05, 3.63) is 35.9 Å². The zero-order valence-electron chi connectivity index (χ0n) is 21.1. The van der Waals surface area contributed by atoms with E-state index in [4.69, 9.17) is 9.47 Å². The van der Waals surface area contributed by atoms with Crippen LogP contribution in [0.15, 0.2) is 30.3 Å². The van der Waals surface area contributed by atoms with E-state index in [1.54, 1.807) is 4.90 Å². The van der Waals surface area contributed by atoms with Gasteiger partial charge in [0.25, 0.3) is 0 Å². The van der Waals surface area contributed by atoms with Crippen molar-refractivity contribution in [3.8, 4) is 0 Å². The maximum Gasteiger partial charge on any atom is 0.410 e. The van der Waals surface area contributed by atoms with Crippen LogP contribution in [-0.4, -0.2) is 65.7 Å². The Kier molecular flexibility index (Phi) is 8.10. The molecule has 0 bridgehead atoms. The standard InChI is InChI=1S/C26H39N3O5/c1-19(2)15-21(27-23(31)33-16-20-9-7-6-8-10-20)22(30)28-13-11-26(12-14-28)17-29(18-26)24(32)34-25(3,4)5/h6-10,19,21H,11-18H2,1-5H3,(H,27,31)/t21-/m1/s1. The first kappa shape index (κ1) is 25.8. The molecule has 2 aliphatic heterocycles. The molecule has 2 saturated heterocycles. The molecule has 1 aromatic rings. The highest BCUT2D eigenvalue weighted by atomic mass is 16.6. The average Bonchev–Trinajstić information content (AvgIpc) is 2.74. The lowest BCUT2D eigenvalue weighted by atomic mass is 9.72. The largest absolute Gasteiger partial charge is 0.445 e. The summed E-state index contributed by atoms with van der Waals surface area (Å²) in [4.78, 5) is 41.5. The van der Waals surface area contributed by atoms with Crippen molar-refractivity contribution in [3.63, 3.8) is 0 Å². The van der Waals surface area contributed by atoms with E-state index >= 15 is 0 Å². The van der Waals surface area contributed by atoms with Gasteiger partial charge in [-0.2, -0.15) is 0 Å². The molecule has 3 amide bonds. The number of piperidine rings is 1. The number of rotatable bonds is 6. The Balaban J connectivity index is 1.49. The summed E-state index contributed by atoms with van der Waals surface area (Å²) >= 11 is 0. The summed E-state index contributed by atoms with van der Waals surface area (Å²) in [6.07, 6.45) is 1.37. The predicted molar refractivity (Wildman–Crippen MR) is 129 cm³/mol. The molecule has 8 heteroatoms. The Labute approximate surface area is 202 Å². The molecule has 1 spiro atoms. The lowest BCUT2D eigenvalue weighted by Crippen LogP contribution is -2.63. The van der Waals surface area contributed by atoms with E-state index in [0.717, 1.165) is 18.4 Å². The number of nitrogens with zero attached hydrogens (tertiary/aromatic N) is 2. The molecule has 2 aliphatic rings. The summed E-state index contributed by atoms with van der Waals surface area (Å²) in [6.45, 7) is 12.4. The van der Waals surface area contributed by atoms with Crippen molar-refractivity contribution in [2.45, 2.75) is 72.1 Å². The third-order valence-electron chi connectivity index (χ3n) is 6.35. The Bertz CT molecular complexity index is 849. The molecular weight excluding hydrogens is 434 g/mol. The normalized spacial score (nSPS) is 18.3. The van der Waals surface area contributed by atoms with Gasteiger partial charge >= 0.3 is 12.2 Å². The van der Waals surface area contributed by atoms with Crippen molar-refractivity contribution < 1.29 is 23.9 Å². The Morgan fingerprint density at radius 2 is 1.65 bits per heavy atom. The van der Waals surface area contributed by atoms with Gasteiger partial charge in [-0.1, -0.05) is 44.2 Å². The fraction of sp³-hybridized carbons (Fsp3) is 0.654. The molecule has 8 nitrogen and oxygen atoms in total. The van der Waals surface area contributed by atoms with Crippen LogP contribution in [0.1, 0.15) is 59.4 Å². The van der Waals surface area contributed by atoms with Gasteiger partial charge in [0.15, 0.2) is 0 Å². The van der Waals surface area contributed by atoms with Crippen LogP contribution in [0.2, 0.25) is 0 Å². The van der Waals surface area contributed by atoms with Crippen LogP contribution in [0.4, 0.5) is 9.59 Å². The summed E-state index contributed by atoms with van der Waals surface area (Å²) in [5.74, 6) is 0.178. The van der Waals surface area contributed by atoms with Gasteiger partial charge in [-0.15, -0.1) is 0 Å².